The van der Waals surface area contributed by atoms with E-state index < -0.39 is 18.1 Å². The van der Waals surface area contributed by atoms with Gasteiger partial charge in [-0.3, -0.25) is 4.79 Å². The lowest BCUT2D eigenvalue weighted by Crippen LogP contribution is -2.49. The van der Waals surface area contributed by atoms with Crippen molar-refractivity contribution in [1.29, 1.82) is 0 Å². The fourth-order valence-electron chi connectivity index (χ4n) is 2.87. The molecule has 5 heteroatoms. The summed E-state index contributed by atoms with van der Waals surface area (Å²) < 4.78 is 0. The van der Waals surface area contributed by atoms with E-state index in [4.69, 9.17) is 5.73 Å². The minimum absolute atomic E-state index is 0.0206. The average molecular weight is 290 g/mol. The van der Waals surface area contributed by atoms with Crippen LogP contribution in [-0.2, 0) is 16.0 Å². The Labute approximate surface area is 124 Å². The highest BCUT2D eigenvalue weighted by Gasteiger charge is 2.40. The molecule has 1 saturated heterocycles. The molecule has 0 spiro atoms. The Bertz CT molecular complexity index is 504. The zero-order valence-corrected chi connectivity index (χ0v) is 12.2. The molecule has 5 nitrogen and oxygen atoms in total. The third kappa shape index (κ3) is 3.61. The second-order valence-electron chi connectivity index (χ2n) is 5.71. The molecule has 3 unspecified atom stereocenters. The van der Waals surface area contributed by atoms with Gasteiger partial charge in [-0.25, -0.2) is 4.79 Å². The lowest BCUT2D eigenvalue weighted by Gasteiger charge is -2.26. The molecule has 21 heavy (non-hydrogen) atoms. The molecule has 114 valence electrons. The van der Waals surface area contributed by atoms with Gasteiger partial charge in [0.25, 0.3) is 0 Å². The van der Waals surface area contributed by atoms with Crippen molar-refractivity contribution in [3.63, 3.8) is 0 Å². The normalized spacial score (nSPS) is 23.0. The zero-order chi connectivity index (χ0) is 15.4. The van der Waals surface area contributed by atoms with Gasteiger partial charge in [0, 0.05) is 6.54 Å². The van der Waals surface area contributed by atoms with Crippen LogP contribution in [0.4, 0.5) is 0 Å². The lowest BCUT2D eigenvalue weighted by molar-refractivity contribution is -0.149. The maximum Gasteiger partial charge on any atom is 0.326 e. The van der Waals surface area contributed by atoms with Crippen LogP contribution >= 0.6 is 0 Å². The van der Waals surface area contributed by atoms with E-state index in [1.165, 1.54) is 4.90 Å². The Kier molecular flexibility index (Phi) is 4.96. The predicted molar refractivity (Wildman–Crippen MR) is 79.7 cm³/mol. The highest BCUT2D eigenvalue weighted by molar-refractivity contribution is 5.87. The lowest BCUT2D eigenvalue weighted by atomic mass is 10.0. The van der Waals surface area contributed by atoms with Crippen molar-refractivity contribution >= 4 is 11.9 Å². The first-order valence-corrected chi connectivity index (χ1v) is 7.33. The standard InChI is InChI=1S/C16H22N2O3/c1-11-9-10-18(14(11)16(20)21)15(19)13(17)8-7-12-5-3-2-4-6-12/h2-6,11,13-14H,7-10,17H2,1H3,(H,20,21). The Morgan fingerprint density at radius 2 is 2.05 bits per heavy atom. The number of carbonyl (C=O) groups excluding carboxylic acids is 1. The van der Waals surface area contributed by atoms with Gasteiger partial charge in [0.05, 0.1) is 6.04 Å². The fraction of sp³-hybridized carbons (Fsp3) is 0.500. The monoisotopic (exact) mass is 290 g/mol. The van der Waals surface area contributed by atoms with Gasteiger partial charge in [0.1, 0.15) is 6.04 Å². The maximum atomic E-state index is 12.4. The molecule has 0 radical (unpaired) electrons. The summed E-state index contributed by atoms with van der Waals surface area (Å²) in [5, 5.41) is 9.26. The van der Waals surface area contributed by atoms with Crippen molar-refractivity contribution in [3.05, 3.63) is 35.9 Å². The zero-order valence-electron chi connectivity index (χ0n) is 12.2. The van der Waals surface area contributed by atoms with Crippen LogP contribution in [0, 0.1) is 5.92 Å². The van der Waals surface area contributed by atoms with Crippen LogP contribution in [0.15, 0.2) is 30.3 Å². The molecule has 0 saturated carbocycles. The van der Waals surface area contributed by atoms with E-state index in [0.717, 1.165) is 12.0 Å². The van der Waals surface area contributed by atoms with Crippen LogP contribution in [-0.4, -0.2) is 40.5 Å². The Morgan fingerprint density at radius 1 is 1.38 bits per heavy atom. The van der Waals surface area contributed by atoms with Gasteiger partial charge in [0.15, 0.2) is 0 Å². The molecule has 0 aliphatic carbocycles. The third-order valence-corrected chi connectivity index (χ3v) is 4.14. The summed E-state index contributed by atoms with van der Waals surface area (Å²) in [6.07, 6.45) is 1.96. The van der Waals surface area contributed by atoms with Gasteiger partial charge in [-0.15, -0.1) is 0 Å². The largest absolute Gasteiger partial charge is 0.480 e. The highest BCUT2D eigenvalue weighted by Crippen LogP contribution is 2.25. The van der Waals surface area contributed by atoms with E-state index in [-0.39, 0.29) is 11.8 Å². The summed E-state index contributed by atoms with van der Waals surface area (Å²) in [7, 11) is 0. The number of likely N-dealkylation sites (tertiary alicyclic amines) is 1. The number of aliphatic carboxylic acids is 1. The molecule has 2 rings (SSSR count). The number of hydrogen-bond acceptors (Lipinski definition) is 3. The number of nitrogens with two attached hydrogens (primary N) is 1. The van der Waals surface area contributed by atoms with E-state index in [9.17, 15) is 14.7 Å². The van der Waals surface area contributed by atoms with Crippen LogP contribution in [0.25, 0.3) is 0 Å². The number of carboxylic acid groups (broad SMARTS) is 1. The SMILES string of the molecule is CC1CCN(C(=O)C(N)CCc2ccccc2)C1C(=O)O. The topological polar surface area (TPSA) is 83.6 Å². The van der Waals surface area contributed by atoms with Crippen molar-refractivity contribution in [2.45, 2.75) is 38.3 Å². The summed E-state index contributed by atoms with van der Waals surface area (Å²) in [6.45, 7) is 2.34. The molecule has 1 aromatic rings. The van der Waals surface area contributed by atoms with E-state index in [0.29, 0.717) is 19.4 Å². The van der Waals surface area contributed by atoms with Crippen LogP contribution in [0.1, 0.15) is 25.3 Å². The van der Waals surface area contributed by atoms with Gasteiger partial charge in [-0.2, -0.15) is 0 Å². The minimum atomic E-state index is -0.941. The van der Waals surface area contributed by atoms with Gasteiger partial charge in [0.2, 0.25) is 5.91 Å². The number of carboxylic acids is 1. The maximum absolute atomic E-state index is 12.4. The molecular weight excluding hydrogens is 268 g/mol. The molecule has 1 aliphatic heterocycles. The number of amides is 1. The number of benzene rings is 1. The first kappa shape index (κ1) is 15.5. The van der Waals surface area contributed by atoms with Crippen molar-refractivity contribution in [2.75, 3.05) is 6.54 Å². The summed E-state index contributed by atoms with van der Waals surface area (Å²) in [5.74, 6) is -1.21. The van der Waals surface area contributed by atoms with Crippen LogP contribution in [0.5, 0.6) is 0 Å². The number of hydrogen-bond donors (Lipinski definition) is 2. The van der Waals surface area contributed by atoms with E-state index >= 15 is 0 Å². The van der Waals surface area contributed by atoms with Gasteiger partial charge >= 0.3 is 5.97 Å². The van der Waals surface area contributed by atoms with Crippen LogP contribution in [0.2, 0.25) is 0 Å². The van der Waals surface area contributed by atoms with Gasteiger partial charge in [-0.1, -0.05) is 37.3 Å². The van der Waals surface area contributed by atoms with Crippen molar-refractivity contribution < 1.29 is 14.7 Å². The molecular formula is C16H22N2O3. The smallest absolute Gasteiger partial charge is 0.326 e. The Morgan fingerprint density at radius 3 is 2.67 bits per heavy atom. The quantitative estimate of drug-likeness (QED) is 0.855. The third-order valence-electron chi connectivity index (χ3n) is 4.14. The molecule has 0 bridgehead atoms. The molecule has 3 N–H and O–H groups in total. The Hall–Kier alpha value is -1.88. The van der Waals surface area contributed by atoms with Crippen LogP contribution < -0.4 is 5.73 Å². The van der Waals surface area contributed by atoms with E-state index in [1.807, 2.05) is 37.3 Å². The van der Waals surface area contributed by atoms with Gasteiger partial charge < -0.3 is 15.7 Å². The molecule has 0 aromatic heterocycles. The molecule has 3 atom stereocenters. The number of rotatable bonds is 5. The fourth-order valence-corrected chi connectivity index (χ4v) is 2.87. The Balaban J connectivity index is 1.94. The second-order valence-corrected chi connectivity index (χ2v) is 5.71. The molecule has 1 fully saturated rings. The van der Waals surface area contributed by atoms with Crippen LogP contribution in [0.3, 0.4) is 0 Å². The number of aryl methyl sites for hydroxylation is 1. The average Bonchev–Trinajstić information content (AvgIpc) is 2.87. The van der Waals surface area contributed by atoms with Crippen molar-refractivity contribution in [1.82, 2.24) is 4.90 Å². The number of carbonyl (C=O) groups is 2. The van der Waals surface area contributed by atoms with Crippen molar-refractivity contribution in [3.8, 4) is 0 Å². The summed E-state index contributed by atoms with van der Waals surface area (Å²) in [4.78, 5) is 25.1. The summed E-state index contributed by atoms with van der Waals surface area (Å²) in [6, 6.07) is 8.45. The minimum Gasteiger partial charge on any atom is -0.480 e. The number of nitrogens with zero attached hydrogens (tertiary/aromatic N) is 1. The predicted octanol–water partition coefficient (Wildman–Crippen LogP) is 1.27. The molecule has 1 aromatic carbocycles. The summed E-state index contributed by atoms with van der Waals surface area (Å²) in [5.41, 5.74) is 7.10. The van der Waals surface area contributed by atoms with Gasteiger partial charge in [-0.05, 0) is 30.7 Å². The second kappa shape index (κ2) is 6.72. The van der Waals surface area contributed by atoms with E-state index in [2.05, 4.69) is 0 Å². The highest BCUT2D eigenvalue weighted by atomic mass is 16.4. The first-order chi connectivity index (χ1) is 10.0. The van der Waals surface area contributed by atoms with Crippen molar-refractivity contribution in [2.24, 2.45) is 11.7 Å². The molecule has 1 heterocycles. The molecule has 1 aliphatic rings. The first-order valence-electron chi connectivity index (χ1n) is 7.33. The van der Waals surface area contributed by atoms with E-state index in [1.54, 1.807) is 0 Å². The molecule has 1 amide bonds. The summed E-state index contributed by atoms with van der Waals surface area (Å²) >= 11 is 0.